The monoisotopic (exact) mass is 1430 g/mol. The van der Waals surface area contributed by atoms with Crippen LogP contribution in [0.25, 0.3) is 22.1 Å². The molecule has 0 radical (unpaired) electrons. The molecule has 17 N–H and O–H groups in total. The van der Waals surface area contributed by atoms with Crippen LogP contribution in [0.2, 0.25) is 0 Å². The van der Waals surface area contributed by atoms with E-state index in [1.54, 1.807) is 37.3 Å². The number of amides is 10. The van der Waals surface area contributed by atoms with Crippen molar-refractivity contribution in [3.63, 3.8) is 0 Å². The topological polar surface area (TPSA) is 529 Å². The Bertz CT molecular complexity index is 2590. The van der Waals surface area contributed by atoms with Crippen molar-refractivity contribution in [1.29, 1.82) is 0 Å². The molecule has 0 saturated carbocycles. The van der Waals surface area contributed by atoms with Crippen LogP contribution in [0.15, 0.2) is 35.3 Å². The molecule has 0 aliphatic carbocycles. The Balaban J connectivity index is 0.00000941. The molecular formula is C55H87N17O16S3Tc-4. The van der Waals surface area contributed by atoms with Crippen LogP contribution in [0, 0.1) is 5.92 Å². The summed E-state index contributed by atoms with van der Waals surface area (Å²) in [6.07, 6.45) is 0.102. The van der Waals surface area contributed by atoms with Crippen LogP contribution in [0.5, 0.6) is 0 Å². The first-order chi connectivity index (χ1) is 44.1. The third kappa shape index (κ3) is 36.6. The Morgan fingerprint density at radius 3 is 1.90 bits per heavy atom. The number of carbonyl (C=O) groups excluding carboxylic acids is 11. The van der Waals surface area contributed by atoms with Gasteiger partial charge in [-0.1, -0.05) is 57.8 Å². The minimum absolute atomic E-state index is 0.0135. The maximum atomic E-state index is 14.5. The predicted molar refractivity (Wildman–Crippen MR) is 340 cm³/mol. The normalized spacial score (nSPS) is 20.8. The summed E-state index contributed by atoms with van der Waals surface area (Å²) in [5, 5.41) is 44.4. The zero-order chi connectivity index (χ0) is 68.1. The number of thioether (sulfide) groups is 1. The minimum atomic E-state index is -1.91. The number of ether oxygens (including phenoxy) is 1. The number of hydrogen-bond acceptors (Lipinski definition) is 19. The van der Waals surface area contributed by atoms with E-state index >= 15 is 0 Å². The molecule has 10 amide bonds. The number of Topliss-reactive ketones (excluding diaryl/α,β-unsaturated/α-hetero) is 1. The second kappa shape index (κ2) is 49.1. The Labute approximate surface area is 554 Å². The molecule has 0 spiro atoms. The van der Waals surface area contributed by atoms with Crippen molar-refractivity contribution in [3.05, 3.63) is 58.0 Å². The van der Waals surface area contributed by atoms with Crippen molar-refractivity contribution in [2.75, 3.05) is 102 Å². The molecule has 3 rings (SSSR count). The number of aliphatic imine (C=N–C) groups is 1. The van der Waals surface area contributed by atoms with Gasteiger partial charge in [-0.15, -0.1) is 24.9 Å². The van der Waals surface area contributed by atoms with Crippen molar-refractivity contribution < 1.29 is 92.0 Å². The number of fused-ring (bicyclic) bond motifs is 5. The van der Waals surface area contributed by atoms with Crippen molar-refractivity contribution in [2.24, 2.45) is 22.4 Å². The predicted octanol–water partition coefficient (Wildman–Crippen LogP) is -1.79. The summed E-state index contributed by atoms with van der Waals surface area (Å²) >= 11 is -0.983. The van der Waals surface area contributed by atoms with E-state index in [0.717, 1.165) is 33.3 Å². The quantitative estimate of drug-likeness (QED) is 0.0164. The number of nitrogens with one attached hydrogen (secondary N) is 12. The molecule has 2 bridgehead atoms. The van der Waals surface area contributed by atoms with Gasteiger partial charge in [-0.05, 0) is 51.0 Å². The van der Waals surface area contributed by atoms with Crippen LogP contribution in [-0.2, 0) is 93.3 Å². The van der Waals surface area contributed by atoms with Gasteiger partial charge in [0.2, 0.25) is 59.1 Å². The third-order valence-corrected chi connectivity index (χ3v) is 16.7. The van der Waals surface area contributed by atoms with E-state index in [2.05, 4.69) is 68.8 Å². The van der Waals surface area contributed by atoms with Crippen LogP contribution < -0.4 is 64.6 Å². The Kier molecular flexibility index (Phi) is 43.5. The fraction of sp³-hybridized carbons (Fsp3) is 0.655. The number of nitrogens with two attached hydrogens (primary N) is 2. The Morgan fingerprint density at radius 2 is 1.29 bits per heavy atom. The summed E-state index contributed by atoms with van der Waals surface area (Å²) < 4.78 is 22.3. The van der Waals surface area contributed by atoms with E-state index in [0.29, 0.717) is 44.8 Å². The molecule has 37 heteroatoms. The molecule has 1 aromatic carbocycles. The summed E-state index contributed by atoms with van der Waals surface area (Å²) in [6.45, 7) is 3.33. The van der Waals surface area contributed by atoms with Crippen LogP contribution in [0.4, 0.5) is 0 Å². The van der Waals surface area contributed by atoms with Crippen LogP contribution in [0.3, 0.4) is 0 Å². The molecule has 0 unspecified atom stereocenters. The summed E-state index contributed by atoms with van der Waals surface area (Å²) in [5.74, 6) is -11.4. The number of carboxylic acids is 1. The van der Waals surface area contributed by atoms with Crippen LogP contribution in [-0.4, -0.2) is 226 Å². The number of unbranched alkanes of at least 4 members (excludes halogenated alkanes) is 1. The molecular weight excluding hydrogens is 1350 g/mol. The fourth-order valence-electron chi connectivity index (χ4n) is 8.73. The molecule has 92 heavy (non-hydrogen) atoms. The average Bonchev–Trinajstić information content (AvgIpc) is 1.27. The van der Waals surface area contributed by atoms with E-state index in [1.165, 1.54) is 0 Å². The zero-order valence-electron chi connectivity index (χ0n) is 51.3. The van der Waals surface area contributed by atoms with E-state index in [4.69, 9.17) is 34.7 Å². The number of hydrogen-bond donors (Lipinski definition) is 13. The van der Waals surface area contributed by atoms with E-state index in [9.17, 15) is 62.6 Å². The average molecular weight is 1440 g/mol. The van der Waals surface area contributed by atoms with Gasteiger partial charge in [0.15, 0.2) is 5.96 Å². The van der Waals surface area contributed by atoms with Gasteiger partial charge in [0.05, 0.1) is 25.3 Å². The van der Waals surface area contributed by atoms with Gasteiger partial charge in [0.1, 0.15) is 48.1 Å². The first-order valence-electron chi connectivity index (χ1n) is 29.7. The summed E-state index contributed by atoms with van der Waals surface area (Å²) in [5.41, 5.74) is 26.2. The fourth-order valence-corrected chi connectivity index (χ4v) is 11.9. The maximum absolute atomic E-state index is 14.5. The number of carboxylic acid groups (broad SMARTS) is 1. The third-order valence-electron chi connectivity index (χ3n) is 13.3. The van der Waals surface area contributed by atoms with Crippen molar-refractivity contribution >= 4 is 110 Å². The molecule has 2 saturated heterocycles. The molecule has 7 atom stereocenters. The first kappa shape index (κ1) is 81.5. The van der Waals surface area contributed by atoms with Gasteiger partial charge in [0.25, 0.3) is 0 Å². The SMILES string of the molecule is CCOCCNC(=O)[C@@H]1CSCC(=O)N[C@@H](CCCCNC(=O)CCCC(=O)CC(C[N-]CC[NH-])C[N-]CC[NH-])C(=O)N[C@H]2CSSC[C@H](NC(=O)[C@H](CC(=O)O)NC(=O)CNC(=O)[C@H](CCCN=C(N)N)NC2=O)C(=O)N[C@@H](Cc2ccccc2)C(=O)N1.[O]=[Tc]=[O]. The number of aliphatic carboxylic acids is 1. The molecule has 0 aromatic heterocycles. The molecule has 2 fully saturated rings. The van der Waals surface area contributed by atoms with Crippen molar-refractivity contribution in [3.8, 4) is 0 Å². The van der Waals surface area contributed by atoms with E-state index in [1.807, 2.05) is 0 Å². The Hall–Kier alpha value is -6.57. The van der Waals surface area contributed by atoms with Crippen molar-refractivity contribution in [1.82, 2.24) is 53.2 Å². The number of carbonyl (C=O) groups is 12. The standard InChI is InChI=1S/C55H87N17O14S3.2O.Tc/c1-2-86-23-22-63-49(80)41-30-87-33-46(76)66-38(13-6-7-18-62-44(74)15-8-12-36(73)24-35(27-60-20-16-56)28-61-21-17-57)50(81)71-42-31-88-89-32-43(54(85)69-39(51(82)70-41)25-34-10-4-3-5-11-34)72-52(83)40(26-47(77)78)67-45(75)29-65-48(79)37(68-53(42)84)14-9-19-64-55(58)59;;;/h3-5,10-11,35,37-43,56-57H,2,6-9,12-33H2,1H3,(H,62,74)(H,63,80)(H,65,79)(H,66,76)(H,67,75)(H,68,84)(H,69,85)(H,70,82)(H,71,81)(H,72,83)(H,77,78)(H4,58,59,64);;;/q-4;;;/t37-,38-,39-,40-,41-,42-,43-;;;/m0.../s1. The van der Waals surface area contributed by atoms with Gasteiger partial charge >= 0.3 is 30.6 Å². The molecule has 517 valence electrons. The zero-order valence-corrected chi connectivity index (χ0v) is 55.6. The molecule has 33 nitrogen and oxygen atoms in total. The van der Waals surface area contributed by atoms with Crippen LogP contribution >= 0.6 is 33.3 Å². The van der Waals surface area contributed by atoms with Gasteiger partial charge in [-0.2, -0.15) is 26.2 Å². The van der Waals surface area contributed by atoms with E-state index < -0.39 is 132 Å². The van der Waals surface area contributed by atoms with Crippen LogP contribution in [0.1, 0.15) is 76.7 Å². The summed E-state index contributed by atoms with van der Waals surface area (Å²) in [7, 11) is 1.86. The number of rotatable bonds is 32. The van der Waals surface area contributed by atoms with Gasteiger partial charge in [0, 0.05) is 69.2 Å². The van der Waals surface area contributed by atoms with E-state index in [-0.39, 0.29) is 144 Å². The van der Waals surface area contributed by atoms with Crippen molar-refractivity contribution in [2.45, 2.75) is 120 Å². The molecule has 2 aliphatic rings. The first-order valence-corrected chi connectivity index (χ1v) is 34.9. The second-order valence-electron chi connectivity index (χ2n) is 20.7. The molecule has 2 aliphatic heterocycles. The number of ketones is 1. The van der Waals surface area contributed by atoms with Gasteiger partial charge < -0.3 is 96.6 Å². The van der Waals surface area contributed by atoms with Gasteiger partial charge in [-0.25, -0.2) is 0 Å². The summed E-state index contributed by atoms with van der Waals surface area (Å²) in [6, 6.07) is -1.85. The number of benzene rings is 1. The number of guanidine groups is 1. The van der Waals surface area contributed by atoms with Gasteiger partial charge in [-0.3, -0.25) is 62.5 Å². The Morgan fingerprint density at radius 1 is 0.707 bits per heavy atom. The number of nitrogens with zero attached hydrogens (tertiary/aromatic N) is 3. The molecule has 1 aromatic rings. The second-order valence-corrected chi connectivity index (χ2v) is 24.6. The summed E-state index contributed by atoms with van der Waals surface area (Å²) in [4.78, 5) is 169. The molecule has 2 heterocycles.